The minimum absolute atomic E-state index is 0.178. The molecule has 11 heteroatoms. The molecule has 1 aromatic carbocycles. The molecular formula is C15H13BrCl2F2N4O2. The van der Waals surface area contributed by atoms with E-state index in [1.165, 1.54) is 26.1 Å². The van der Waals surface area contributed by atoms with E-state index in [0.29, 0.717) is 4.47 Å². The van der Waals surface area contributed by atoms with Gasteiger partial charge in [-0.1, -0.05) is 39.1 Å². The van der Waals surface area contributed by atoms with Gasteiger partial charge in [-0.3, -0.25) is 14.3 Å². The summed E-state index contributed by atoms with van der Waals surface area (Å²) in [7, 11) is 1.41. The number of hydrogen-bond donors (Lipinski definition) is 2. The fourth-order valence-corrected chi connectivity index (χ4v) is 3.38. The molecule has 6 nitrogen and oxygen atoms in total. The molecule has 0 spiro atoms. The number of halogens is 5. The molecule has 0 bridgehead atoms. The standard InChI is InChI=1S/C15H13BrCl2F2N4O2/c1-6(14(25)22-12-9(17)3-7(16)4-10(12)18)21-15(26)8-5-24(2)23-11(8)13(19)20/h3-6,13H,1-2H3,(H,21,26)(H,22,25). The first-order valence-corrected chi connectivity index (χ1v) is 8.73. The van der Waals surface area contributed by atoms with E-state index < -0.39 is 30.0 Å². The molecule has 0 saturated heterocycles. The molecule has 0 saturated carbocycles. The van der Waals surface area contributed by atoms with Crippen molar-refractivity contribution in [3.8, 4) is 0 Å². The molecular weight excluding hydrogens is 457 g/mol. The summed E-state index contributed by atoms with van der Waals surface area (Å²) in [6, 6.07) is 2.04. The first-order valence-electron chi connectivity index (χ1n) is 7.18. The van der Waals surface area contributed by atoms with Crippen LogP contribution in [0, 0.1) is 0 Å². The number of carbonyl (C=O) groups excluding carboxylic acids is 2. The molecule has 1 heterocycles. The molecule has 2 amide bonds. The van der Waals surface area contributed by atoms with Gasteiger partial charge in [0, 0.05) is 17.7 Å². The minimum atomic E-state index is -2.92. The van der Waals surface area contributed by atoms with Crippen LogP contribution in [0.25, 0.3) is 0 Å². The molecule has 1 aromatic heterocycles. The Morgan fingerprint density at radius 1 is 1.27 bits per heavy atom. The zero-order chi connectivity index (χ0) is 19.6. The lowest BCUT2D eigenvalue weighted by Crippen LogP contribution is -2.41. The van der Waals surface area contributed by atoms with E-state index in [2.05, 4.69) is 31.7 Å². The molecule has 1 unspecified atom stereocenters. The maximum atomic E-state index is 12.9. The van der Waals surface area contributed by atoms with Gasteiger partial charge in [0.1, 0.15) is 11.7 Å². The molecule has 26 heavy (non-hydrogen) atoms. The van der Waals surface area contributed by atoms with Gasteiger partial charge >= 0.3 is 0 Å². The number of hydrogen-bond acceptors (Lipinski definition) is 3. The molecule has 2 rings (SSSR count). The van der Waals surface area contributed by atoms with Crippen molar-refractivity contribution in [3.63, 3.8) is 0 Å². The molecule has 0 radical (unpaired) electrons. The average molecular weight is 470 g/mol. The van der Waals surface area contributed by atoms with Crippen LogP contribution in [-0.4, -0.2) is 27.6 Å². The first kappa shape index (κ1) is 20.6. The molecule has 2 aromatic rings. The van der Waals surface area contributed by atoms with Gasteiger partial charge in [0.05, 0.1) is 21.3 Å². The monoisotopic (exact) mass is 468 g/mol. The Bertz CT molecular complexity index is 837. The normalized spacial score (nSPS) is 12.2. The highest BCUT2D eigenvalue weighted by Crippen LogP contribution is 2.33. The highest BCUT2D eigenvalue weighted by Gasteiger charge is 2.25. The fourth-order valence-electron chi connectivity index (χ4n) is 2.07. The molecule has 0 aliphatic heterocycles. The SMILES string of the molecule is CC(NC(=O)c1cn(C)nc1C(F)F)C(=O)Nc1c(Cl)cc(Br)cc1Cl. The second kappa shape index (κ2) is 8.32. The number of alkyl halides is 2. The summed E-state index contributed by atoms with van der Waals surface area (Å²) < 4.78 is 27.6. The van der Waals surface area contributed by atoms with E-state index in [4.69, 9.17) is 23.2 Å². The van der Waals surface area contributed by atoms with Crippen LogP contribution in [0.3, 0.4) is 0 Å². The zero-order valence-electron chi connectivity index (χ0n) is 13.5. The minimum Gasteiger partial charge on any atom is -0.340 e. The lowest BCUT2D eigenvalue weighted by atomic mass is 10.2. The van der Waals surface area contributed by atoms with Gasteiger partial charge in [0.2, 0.25) is 5.91 Å². The van der Waals surface area contributed by atoms with Crippen LogP contribution in [0.4, 0.5) is 14.5 Å². The Kier molecular flexibility index (Phi) is 6.59. The Morgan fingerprint density at radius 3 is 2.38 bits per heavy atom. The summed E-state index contributed by atoms with van der Waals surface area (Å²) >= 11 is 15.3. The average Bonchev–Trinajstić information content (AvgIpc) is 2.92. The van der Waals surface area contributed by atoms with Gasteiger partial charge < -0.3 is 10.6 Å². The zero-order valence-corrected chi connectivity index (χ0v) is 16.6. The number of nitrogens with one attached hydrogen (secondary N) is 2. The number of aryl methyl sites for hydroxylation is 1. The van der Waals surface area contributed by atoms with E-state index in [9.17, 15) is 18.4 Å². The Balaban J connectivity index is 2.11. The van der Waals surface area contributed by atoms with Crippen molar-refractivity contribution in [1.82, 2.24) is 15.1 Å². The lowest BCUT2D eigenvalue weighted by molar-refractivity contribution is -0.117. The third-order valence-electron chi connectivity index (χ3n) is 3.30. The van der Waals surface area contributed by atoms with Crippen molar-refractivity contribution in [2.45, 2.75) is 19.4 Å². The summed E-state index contributed by atoms with van der Waals surface area (Å²) in [5.74, 6) is -1.46. The van der Waals surface area contributed by atoms with Crippen molar-refractivity contribution in [1.29, 1.82) is 0 Å². The highest BCUT2D eigenvalue weighted by molar-refractivity contribution is 9.10. The highest BCUT2D eigenvalue weighted by atomic mass is 79.9. The van der Waals surface area contributed by atoms with Crippen LogP contribution in [0.15, 0.2) is 22.8 Å². The third-order valence-corrected chi connectivity index (χ3v) is 4.36. The van der Waals surface area contributed by atoms with Gasteiger partial charge in [-0.2, -0.15) is 5.10 Å². The quantitative estimate of drug-likeness (QED) is 0.689. The topological polar surface area (TPSA) is 76.0 Å². The third kappa shape index (κ3) is 4.72. The van der Waals surface area contributed by atoms with Crippen LogP contribution in [-0.2, 0) is 11.8 Å². The van der Waals surface area contributed by atoms with E-state index in [1.54, 1.807) is 0 Å². The van der Waals surface area contributed by atoms with Gasteiger partial charge in [-0.25, -0.2) is 8.78 Å². The van der Waals surface area contributed by atoms with E-state index in [-0.39, 0.29) is 21.3 Å². The number of aromatic nitrogens is 2. The summed E-state index contributed by atoms with van der Waals surface area (Å²) in [6.07, 6.45) is -1.76. The van der Waals surface area contributed by atoms with E-state index in [1.807, 2.05) is 0 Å². The van der Waals surface area contributed by atoms with Crippen LogP contribution >= 0.6 is 39.1 Å². The second-order valence-electron chi connectivity index (χ2n) is 5.33. The van der Waals surface area contributed by atoms with Crippen molar-refractivity contribution in [3.05, 3.63) is 44.1 Å². The number of benzene rings is 1. The van der Waals surface area contributed by atoms with Crippen molar-refractivity contribution < 1.29 is 18.4 Å². The van der Waals surface area contributed by atoms with Crippen molar-refractivity contribution in [2.24, 2.45) is 7.05 Å². The Labute approximate surface area is 166 Å². The van der Waals surface area contributed by atoms with Crippen LogP contribution in [0.1, 0.15) is 29.4 Å². The van der Waals surface area contributed by atoms with Gasteiger partial charge in [0.15, 0.2) is 0 Å². The van der Waals surface area contributed by atoms with E-state index >= 15 is 0 Å². The number of amides is 2. The largest absolute Gasteiger partial charge is 0.340 e. The van der Waals surface area contributed by atoms with Gasteiger partial charge in [-0.05, 0) is 19.1 Å². The van der Waals surface area contributed by atoms with Crippen molar-refractivity contribution in [2.75, 3.05) is 5.32 Å². The first-order chi connectivity index (χ1) is 12.1. The predicted octanol–water partition coefficient (Wildman–Crippen LogP) is 4.18. The summed E-state index contributed by atoms with van der Waals surface area (Å²) in [5, 5.41) is 8.78. The molecule has 0 aliphatic carbocycles. The smallest absolute Gasteiger partial charge is 0.282 e. The molecule has 0 aliphatic rings. The second-order valence-corrected chi connectivity index (χ2v) is 7.06. The maximum absolute atomic E-state index is 12.9. The molecule has 140 valence electrons. The Morgan fingerprint density at radius 2 is 1.85 bits per heavy atom. The summed E-state index contributed by atoms with van der Waals surface area (Å²) in [5.41, 5.74) is -0.782. The predicted molar refractivity (Wildman–Crippen MR) is 97.9 cm³/mol. The summed E-state index contributed by atoms with van der Waals surface area (Å²) in [6.45, 7) is 1.40. The number of anilines is 1. The number of carbonyl (C=O) groups is 2. The van der Waals surface area contributed by atoms with Crippen LogP contribution < -0.4 is 10.6 Å². The molecule has 2 N–H and O–H groups in total. The molecule has 1 atom stereocenters. The molecule has 0 fully saturated rings. The number of rotatable bonds is 5. The van der Waals surface area contributed by atoms with Gasteiger partial charge in [-0.15, -0.1) is 0 Å². The van der Waals surface area contributed by atoms with Crippen LogP contribution in [0.5, 0.6) is 0 Å². The fraction of sp³-hybridized carbons (Fsp3) is 0.267. The summed E-state index contributed by atoms with van der Waals surface area (Å²) in [4.78, 5) is 24.5. The Hall–Kier alpha value is -1.71. The lowest BCUT2D eigenvalue weighted by Gasteiger charge is -2.16. The van der Waals surface area contributed by atoms with Crippen LogP contribution in [0.2, 0.25) is 10.0 Å². The van der Waals surface area contributed by atoms with E-state index in [0.717, 1.165) is 10.9 Å². The number of nitrogens with zero attached hydrogens (tertiary/aromatic N) is 2. The van der Waals surface area contributed by atoms with Crippen molar-refractivity contribution >= 4 is 56.6 Å². The maximum Gasteiger partial charge on any atom is 0.282 e. The van der Waals surface area contributed by atoms with Gasteiger partial charge in [0.25, 0.3) is 12.3 Å².